The van der Waals surface area contributed by atoms with Crippen LogP contribution in [0.1, 0.15) is 38.1 Å². The maximum Gasteiger partial charge on any atom is 0.257 e. The highest BCUT2D eigenvalue weighted by atomic mass is 79.9. The number of carbonyl (C=O) groups excluding carboxylic acids is 1. The van der Waals surface area contributed by atoms with Gasteiger partial charge in [-0.25, -0.2) is 13.1 Å². The second-order valence-electron chi connectivity index (χ2n) is 7.02. The average Bonchev–Trinajstić information content (AvgIpc) is 2.62. The summed E-state index contributed by atoms with van der Waals surface area (Å²) in [5.41, 5.74) is 0.953. The van der Waals surface area contributed by atoms with Crippen molar-refractivity contribution in [1.29, 1.82) is 0 Å². The summed E-state index contributed by atoms with van der Waals surface area (Å²) in [6.07, 6.45) is 0.0142. The molecule has 0 aliphatic carbocycles. The molecule has 0 saturated carbocycles. The summed E-state index contributed by atoms with van der Waals surface area (Å²) in [4.78, 5) is 12.6. The summed E-state index contributed by atoms with van der Waals surface area (Å²) >= 11 is 8.57. The lowest BCUT2D eigenvalue weighted by atomic mass is 10.2. The van der Waals surface area contributed by atoms with Crippen molar-refractivity contribution in [3.05, 3.63) is 52.5 Å². The Morgan fingerprint density at radius 2 is 1.70 bits per heavy atom. The summed E-state index contributed by atoms with van der Waals surface area (Å²) in [5, 5.41) is 5.55. The molecular formula is C20H24BrN3O4S2. The molecule has 0 radical (unpaired) electrons. The lowest BCUT2D eigenvalue weighted by Gasteiger charge is -2.13. The van der Waals surface area contributed by atoms with E-state index in [0.717, 1.165) is 0 Å². The van der Waals surface area contributed by atoms with E-state index in [2.05, 4.69) is 31.3 Å². The number of sulfonamides is 1. The van der Waals surface area contributed by atoms with Crippen LogP contribution < -0.4 is 20.1 Å². The first kappa shape index (κ1) is 24.3. The number of anilines is 1. The summed E-state index contributed by atoms with van der Waals surface area (Å²) in [7, 11) is -3.57. The van der Waals surface area contributed by atoms with Crippen LogP contribution in [-0.2, 0) is 10.0 Å². The van der Waals surface area contributed by atoms with E-state index in [1.54, 1.807) is 44.2 Å². The minimum Gasteiger partial charge on any atom is -0.490 e. The van der Waals surface area contributed by atoms with Crippen LogP contribution in [0, 0.1) is 0 Å². The Morgan fingerprint density at radius 3 is 2.23 bits per heavy atom. The Bertz CT molecular complexity index is 1020. The van der Waals surface area contributed by atoms with Gasteiger partial charge in [0.15, 0.2) is 5.11 Å². The fourth-order valence-corrected chi connectivity index (χ4v) is 4.36. The SMILES string of the molecule is CC(C)NS(=O)(=O)c1ccc(NC(=S)NC(=O)c2ccc(OC(C)C)c(Br)c2)cc1. The lowest BCUT2D eigenvalue weighted by molar-refractivity contribution is 0.0977. The molecule has 0 aliphatic heterocycles. The summed E-state index contributed by atoms with van der Waals surface area (Å²) in [5.74, 6) is 0.258. The average molecular weight is 514 g/mol. The summed E-state index contributed by atoms with van der Waals surface area (Å²) in [6, 6.07) is 10.9. The molecule has 0 unspecified atom stereocenters. The van der Waals surface area contributed by atoms with Gasteiger partial charge in [-0.3, -0.25) is 10.1 Å². The van der Waals surface area contributed by atoms with Crippen LogP contribution in [-0.4, -0.2) is 31.6 Å². The molecule has 0 atom stereocenters. The molecule has 0 aliphatic rings. The van der Waals surface area contributed by atoms with Crippen LogP contribution in [0.3, 0.4) is 0 Å². The smallest absolute Gasteiger partial charge is 0.257 e. The van der Waals surface area contributed by atoms with Crippen LogP contribution in [0.2, 0.25) is 0 Å². The van der Waals surface area contributed by atoms with Crippen molar-refractivity contribution in [1.82, 2.24) is 10.0 Å². The second-order valence-corrected chi connectivity index (χ2v) is 10.00. The molecule has 2 rings (SSSR count). The molecule has 2 aromatic rings. The van der Waals surface area contributed by atoms with Gasteiger partial charge in [0, 0.05) is 17.3 Å². The number of hydrogen-bond acceptors (Lipinski definition) is 5. The number of thiocarbonyl (C=S) groups is 1. The van der Waals surface area contributed by atoms with E-state index >= 15 is 0 Å². The number of halogens is 1. The van der Waals surface area contributed by atoms with Gasteiger partial charge in [-0.1, -0.05) is 0 Å². The number of benzene rings is 2. The molecule has 2 aromatic carbocycles. The molecule has 7 nitrogen and oxygen atoms in total. The third kappa shape index (κ3) is 7.05. The van der Waals surface area contributed by atoms with E-state index in [1.165, 1.54) is 12.1 Å². The van der Waals surface area contributed by atoms with Gasteiger partial charge in [0.25, 0.3) is 5.91 Å². The van der Waals surface area contributed by atoms with Crippen LogP contribution in [0.4, 0.5) is 5.69 Å². The van der Waals surface area contributed by atoms with Crippen molar-refractivity contribution in [2.45, 2.75) is 44.7 Å². The molecular weight excluding hydrogens is 490 g/mol. The number of carbonyl (C=O) groups is 1. The van der Waals surface area contributed by atoms with Crippen LogP contribution in [0.5, 0.6) is 5.75 Å². The standard InChI is InChI=1S/C20H24BrN3O4S2/c1-12(2)24-30(26,27)16-8-6-15(7-9-16)22-20(29)23-19(25)14-5-10-18(17(21)11-14)28-13(3)4/h5-13,24H,1-4H3,(H2,22,23,25,29). The molecule has 10 heteroatoms. The fourth-order valence-electron chi connectivity index (χ4n) is 2.42. The largest absolute Gasteiger partial charge is 0.490 e. The predicted molar refractivity (Wildman–Crippen MR) is 125 cm³/mol. The zero-order chi connectivity index (χ0) is 22.5. The second kappa shape index (κ2) is 10.3. The van der Waals surface area contributed by atoms with E-state index in [0.29, 0.717) is 21.5 Å². The van der Waals surface area contributed by atoms with Crippen molar-refractivity contribution >= 4 is 54.9 Å². The third-order valence-corrected chi connectivity index (χ3v) is 6.10. The maximum absolute atomic E-state index is 12.4. The predicted octanol–water partition coefficient (Wildman–Crippen LogP) is 4.05. The summed E-state index contributed by atoms with van der Waals surface area (Å²) in [6.45, 7) is 7.33. The number of rotatable bonds is 7. The Kier molecular flexibility index (Phi) is 8.36. The van der Waals surface area contributed by atoms with Gasteiger partial charge in [-0.15, -0.1) is 0 Å². The molecule has 3 N–H and O–H groups in total. The van der Waals surface area contributed by atoms with Crippen molar-refractivity contribution in [3.63, 3.8) is 0 Å². The number of ether oxygens (including phenoxy) is 1. The van der Waals surface area contributed by atoms with Gasteiger partial charge in [0.05, 0.1) is 15.5 Å². The highest BCUT2D eigenvalue weighted by molar-refractivity contribution is 9.10. The first-order valence-corrected chi connectivity index (χ1v) is 11.9. The van der Waals surface area contributed by atoms with Gasteiger partial charge < -0.3 is 10.1 Å². The van der Waals surface area contributed by atoms with E-state index in [9.17, 15) is 13.2 Å². The fraction of sp³-hybridized carbons (Fsp3) is 0.300. The zero-order valence-electron chi connectivity index (χ0n) is 17.0. The first-order valence-electron chi connectivity index (χ1n) is 9.19. The van der Waals surface area contributed by atoms with Crippen LogP contribution in [0.25, 0.3) is 0 Å². The van der Waals surface area contributed by atoms with Gasteiger partial charge in [-0.05, 0) is 98.3 Å². The number of nitrogens with one attached hydrogen (secondary N) is 3. The quantitative estimate of drug-likeness (QED) is 0.483. The monoisotopic (exact) mass is 513 g/mol. The van der Waals surface area contributed by atoms with Gasteiger partial charge in [-0.2, -0.15) is 0 Å². The van der Waals surface area contributed by atoms with Gasteiger partial charge in [0.2, 0.25) is 10.0 Å². The molecule has 0 fully saturated rings. The van der Waals surface area contributed by atoms with Gasteiger partial charge in [0.1, 0.15) is 5.75 Å². The molecule has 0 bridgehead atoms. The zero-order valence-corrected chi connectivity index (χ0v) is 20.2. The van der Waals surface area contributed by atoms with E-state index < -0.39 is 10.0 Å². The van der Waals surface area contributed by atoms with Crippen LogP contribution in [0.15, 0.2) is 51.8 Å². The van der Waals surface area contributed by atoms with E-state index in [-0.39, 0.29) is 28.1 Å². The first-order chi connectivity index (χ1) is 14.0. The van der Waals surface area contributed by atoms with Crippen LogP contribution >= 0.6 is 28.1 Å². The minimum atomic E-state index is -3.57. The molecule has 30 heavy (non-hydrogen) atoms. The van der Waals surface area contributed by atoms with Gasteiger partial charge >= 0.3 is 0 Å². The van der Waals surface area contributed by atoms with Crippen molar-refractivity contribution in [2.24, 2.45) is 0 Å². The maximum atomic E-state index is 12.4. The Morgan fingerprint density at radius 1 is 1.07 bits per heavy atom. The Labute approximate surface area is 190 Å². The molecule has 0 spiro atoms. The normalized spacial score (nSPS) is 11.4. The molecule has 0 saturated heterocycles. The Balaban J connectivity index is 2.00. The molecule has 0 aromatic heterocycles. The van der Waals surface area contributed by atoms with E-state index in [4.69, 9.17) is 17.0 Å². The van der Waals surface area contributed by atoms with Crippen molar-refractivity contribution in [3.8, 4) is 5.75 Å². The van der Waals surface area contributed by atoms with Crippen molar-refractivity contribution in [2.75, 3.05) is 5.32 Å². The summed E-state index contributed by atoms with van der Waals surface area (Å²) < 4.78 is 33.1. The highest BCUT2D eigenvalue weighted by Crippen LogP contribution is 2.27. The molecule has 1 amide bonds. The number of amides is 1. The Hall–Kier alpha value is -2.01. The minimum absolute atomic E-state index is 0.0142. The third-order valence-electron chi connectivity index (χ3n) is 3.60. The van der Waals surface area contributed by atoms with Crippen molar-refractivity contribution < 1.29 is 17.9 Å². The topological polar surface area (TPSA) is 96.5 Å². The molecule has 0 heterocycles. The lowest BCUT2D eigenvalue weighted by Crippen LogP contribution is -2.34. The number of hydrogen-bond donors (Lipinski definition) is 3. The molecule has 162 valence electrons. The van der Waals surface area contributed by atoms with E-state index in [1.807, 2.05) is 13.8 Å². The highest BCUT2D eigenvalue weighted by Gasteiger charge is 2.15.